The van der Waals surface area contributed by atoms with Crippen LogP contribution in [0, 0.1) is 0 Å². The fourth-order valence-electron chi connectivity index (χ4n) is 4.27. The normalized spacial score (nSPS) is 11.7. The van der Waals surface area contributed by atoms with Crippen molar-refractivity contribution in [2.45, 2.75) is 10.1 Å². The molecule has 3 amide bonds. The third-order valence-corrected chi connectivity index (χ3v) is 8.07. The summed E-state index contributed by atoms with van der Waals surface area (Å²) in [6.07, 6.45) is 1.63. The molecule has 5 aromatic carbocycles. The summed E-state index contributed by atoms with van der Waals surface area (Å²) in [6.45, 7) is 0. The predicted molar refractivity (Wildman–Crippen MR) is 179 cm³/mol. The van der Waals surface area contributed by atoms with E-state index in [1.807, 2.05) is 84.9 Å². The molecular weight excluding hydrogens is 590 g/mol. The molecule has 8 heteroatoms. The van der Waals surface area contributed by atoms with Crippen molar-refractivity contribution >= 4 is 58.5 Å². The van der Waals surface area contributed by atoms with E-state index in [0.717, 1.165) is 16.0 Å². The van der Waals surface area contributed by atoms with Gasteiger partial charge in [-0.2, -0.15) is 0 Å². The van der Waals surface area contributed by atoms with E-state index in [4.69, 9.17) is 11.6 Å². The van der Waals surface area contributed by atoms with Crippen molar-refractivity contribution in [1.29, 1.82) is 0 Å². The van der Waals surface area contributed by atoms with Gasteiger partial charge in [0.05, 0.1) is 10.7 Å². The van der Waals surface area contributed by atoms with Crippen LogP contribution in [0.1, 0.15) is 26.7 Å². The summed E-state index contributed by atoms with van der Waals surface area (Å²) in [4.78, 5) is 40.5. The van der Waals surface area contributed by atoms with Crippen LogP contribution in [0.25, 0.3) is 6.08 Å². The highest BCUT2D eigenvalue weighted by molar-refractivity contribution is 8.00. The molecule has 0 heterocycles. The van der Waals surface area contributed by atoms with E-state index in [1.165, 1.54) is 11.8 Å². The Balaban J connectivity index is 1.32. The zero-order chi connectivity index (χ0) is 30.7. The number of benzene rings is 5. The third kappa shape index (κ3) is 8.25. The minimum Gasteiger partial charge on any atom is -0.323 e. The van der Waals surface area contributed by atoms with E-state index in [1.54, 1.807) is 60.7 Å². The standard InChI is InChI=1S/C36H28ClN3O3S/c37-30-18-10-11-19-31(30)39-36(43)33(26-14-6-2-7-15-26)44-29-22-20-28(21-23-29)38-35(42)32(24-25-12-4-1-5-13-25)40-34(41)27-16-8-3-9-17-27/h1-24,33H,(H,38,42)(H,39,43)(H,40,41)/b32-24-. The Hall–Kier alpha value is -5.11. The van der Waals surface area contributed by atoms with E-state index in [0.29, 0.717) is 22.0 Å². The number of thioether (sulfide) groups is 1. The number of amides is 3. The molecule has 0 saturated carbocycles. The second kappa shape index (κ2) is 14.9. The lowest BCUT2D eigenvalue weighted by Gasteiger charge is -2.18. The molecule has 0 aliphatic rings. The summed E-state index contributed by atoms with van der Waals surface area (Å²) >= 11 is 7.66. The molecule has 0 aromatic heterocycles. The number of nitrogens with one attached hydrogen (secondary N) is 3. The predicted octanol–water partition coefficient (Wildman–Crippen LogP) is 8.22. The number of carbonyl (C=O) groups excluding carboxylic acids is 3. The zero-order valence-electron chi connectivity index (χ0n) is 23.4. The van der Waals surface area contributed by atoms with Gasteiger partial charge in [-0.15, -0.1) is 11.8 Å². The second-order valence-electron chi connectivity index (χ2n) is 9.65. The van der Waals surface area contributed by atoms with Crippen LogP contribution in [0.4, 0.5) is 11.4 Å². The Bertz CT molecular complexity index is 1760. The van der Waals surface area contributed by atoms with Gasteiger partial charge in [-0.25, -0.2) is 0 Å². The highest BCUT2D eigenvalue weighted by atomic mass is 35.5. The van der Waals surface area contributed by atoms with E-state index in [2.05, 4.69) is 16.0 Å². The maximum atomic E-state index is 13.4. The number of anilines is 2. The maximum Gasteiger partial charge on any atom is 0.272 e. The molecule has 5 rings (SSSR count). The lowest BCUT2D eigenvalue weighted by atomic mass is 10.1. The first kappa shape index (κ1) is 30.4. The third-order valence-electron chi connectivity index (χ3n) is 6.48. The van der Waals surface area contributed by atoms with E-state index in [9.17, 15) is 14.4 Å². The molecule has 5 aromatic rings. The highest BCUT2D eigenvalue weighted by Gasteiger charge is 2.23. The molecule has 0 bridgehead atoms. The minimum absolute atomic E-state index is 0.101. The van der Waals surface area contributed by atoms with Crippen molar-refractivity contribution in [3.8, 4) is 0 Å². The summed E-state index contributed by atoms with van der Waals surface area (Å²) in [7, 11) is 0. The molecule has 0 spiro atoms. The molecule has 3 N–H and O–H groups in total. The average molecular weight is 618 g/mol. The van der Waals surface area contributed by atoms with Gasteiger partial charge >= 0.3 is 0 Å². The monoisotopic (exact) mass is 617 g/mol. The largest absolute Gasteiger partial charge is 0.323 e. The Labute approximate surface area is 265 Å². The number of hydrogen-bond acceptors (Lipinski definition) is 4. The number of halogens is 1. The molecule has 218 valence electrons. The quantitative estimate of drug-likeness (QED) is 0.109. The van der Waals surface area contributed by atoms with Crippen LogP contribution < -0.4 is 16.0 Å². The number of para-hydroxylation sites is 1. The molecule has 0 fully saturated rings. The number of hydrogen-bond donors (Lipinski definition) is 3. The maximum absolute atomic E-state index is 13.4. The van der Waals surface area contributed by atoms with Crippen molar-refractivity contribution in [2.75, 3.05) is 10.6 Å². The lowest BCUT2D eigenvalue weighted by molar-refractivity contribution is -0.116. The van der Waals surface area contributed by atoms with Crippen LogP contribution in [0.15, 0.2) is 150 Å². The van der Waals surface area contributed by atoms with Crippen LogP contribution >= 0.6 is 23.4 Å². The van der Waals surface area contributed by atoms with Gasteiger partial charge in [0.1, 0.15) is 10.9 Å². The van der Waals surface area contributed by atoms with Crippen LogP contribution in [-0.2, 0) is 9.59 Å². The van der Waals surface area contributed by atoms with Crippen molar-refractivity contribution in [1.82, 2.24) is 5.32 Å². The summed E-state index contributed by atoms with van der Waals surface area (Å²) < 4.78 is 0. The second-order valence-corrected chi connectivity index (χ2v) is 11.2. The van der Waals surface area contributed by atoms with E-state index in [-0.39, 0.29) is 11.6 Å². The fourth-order valence-corrected chi connectivity index (χ4v) is 5.48. The Morgan fingerprint density at radius 2 is 1.25 bits per heavy atom. The smallest absolute Gasteiger partial charge is 0.272 e. The van der Waals surface area contributed by atoms with Crippen LogP contribution in [0.5, 0.6) is 0 Å². The summed E-state index contributed by atoms with van der Waals surface area (Å²) in [5, 5.41) is 8.45. The average Bonchev–Trinajstić information content (AvgIpc) is 3.06. The topological polar surface area (TPSA) is 87.3 Å². The number of rotatable bonds is 10. The van der Waals surface area contributed by atoms with Gasteiger partial charge in [-0.1, -0.05) is 103 Å². The summed E-state index contributed by atoms with van der Waals surface area (Å²) in [5.41, 5.74) is 3.21. The van der Waals surface area contributed by atoms with Crippen molar-refractivity contribution < 1.29 is 14.4 Å². The van der Waals surface area contributed by atoms with Gasteiger partial charge in [0.15, 0.2) is 0 Å². The molecule has 0 aliphatic heterocycles. The molecule has 44 heavy (non-hydrogen) atoms. The summed E-state index contributed by atoms with van der Waals surface area (Å²) in [6, 6.07) is 41.8. The van der Waals surface area contributed by atoms with E-state index >= 15 is 0 Å². The van der Waals surface area contributed by atoms with Gasteiger partial charge < -0.3 is 16.0 Å². The first-order valence-electron chi connectivity index (χ1n) is 13.8. The van der Waals surface area contributed by atoms with Crippen molar-refractivity contribution in [2.24, 2.45) is 0 Å². The van der Waals surface area contributed by atoms with Crippen molar-refractivity contribution in [3.63, 3.8) is 0 Å². The molecule has 1 unspecified atom stereocenters. The molecule has 0 aliphatic carbocycles. The summed E-state index contributed by atoms with van der Waals surface area (Å²) in [5.74, 6) is -1.08. The molecule has 1 atom stereocenters. The van der Waals surface area contributed by atoms with Gasteiger partial charge in [0.25, 0.3) is 11.8 Å². The van der Waals surface area contributed by atoms with Crippen LogP contribution in [0.3, 0.4) is 0 Å². The minimum atomic E-state index is -0.554. The van der Waals surface area contributed by atoms with Gasteiger partial charge in [0, 0.05) is 16.1 Å². The van der Waals surface area contributed by atoms with Gasteiger partial charge in [-0.3, -0.25) is 14.4 Å². The first-order chi connectivity index (χ1) is 21.5. The molecule has 0 radical (unpaired) electrons. The molecular formula is C36H28ClN3O3S. The lowest BCUT2D eigenvalue weighted by Crippen LogP contribution is -2.30. The fraction of sp³-hybridized carbons (Fsp3) is 0.0278. The van der Waals surface area contributed by atoms with Gasteiger partial charge in [-0.05, 0) is 65.7 Å². The number of carbonyl (C=O) groups is 3. The van der Waals surface area contributed by atoms with Crippen LogP contribution in [0.2, 0.25) is 5.02 Å². The van der Waals surface area contributed by atoms with Crippen LogP contribution in [-0.4, -0.2) is 17.7 Å². The molecule has 6 nitrogen and oxygen atoms in total. The van der Waals surface area contributed by atoms with Crippen molar-refractivity contribution in [3.05, 3.63) is 167 Å². The molecule has 0 saturated heterocycles. The highest BCUT2D eigenvalue weighted by Crippen LogP contribution is 2.37. The Kier molecular flexibility index (Phi) is 10.3. The first-order valence-corrected chi connectivity index (χ1v) is 15.0. The Morgan fingerprint density at radius 3 is 1.91 bits per heavy atom. The van der Waals surface area contributed by atoms with Gasteiger partial charge in [0.2, 0.25) is 5.91 Å². The Morgan fingerprint density at radius 1 is 0.659 bits per heavy atom. The zero-order valence-corrected chi connectivity index (χ0v) is 25.0. The SMILES string of the molecule is O=C(Nc1ccc(SC(C(=O)Nc2ccccc2Cl)c2ccccc2)cc1)/C(=C/c1ccccc1)NC(=O)c1ccccc1. The van der Waals surface area contributed by atoms with E-state index < -0.39 is 17.1 Å².